The second-order valence-electron chi connectivity index (χ2n) is 2.38. The van der Waals surface area contributed by atoms with Crippen molar-refractivity contribution in [2.45, 2.75) is 0 Å². The van der Waals surface area contributed by atoms with E-state index in [1.165, 1.54) is 0 Å². The van der Waals surface area contributed by atoms with Gasteiger partial charge in [-0.15, -0.1) is 0 Å². The van der Waals surface area contributed by atoms with Crippen LogP contribution in [0.3, 0.4) is 0 Å². The highest BCUT2D eigenvalue weighted by molar-refractivity contribution is 5.51. The first kappa shape index (κ1) is 10.5. The van der Waals surface area contributed by atoms with Gasteiger partial charge in [-0.25, -0.2) is 0 Å². The maximum atomic E-state index is 10.3. The number of hydrogen-bond acceptors (Lipinski definition) is 6. The smallest absolute Gasteiger partial charge is 0.179 e. The SMILES string of the molecule is O=[N+]([O-])c1[c-]c([N+](=O)[O-])cc([N+](=O)[O-])c1. The normalized spacial score (nSPS) is 9.60. The maximum Gasteiger partial charge on any atom is 0.179 e. The highest BCUT2D eigenvalue weighted by Gasteiger charge is 2.12. The van der Waals surface area contributed by atoms with Gasteiger partial charge in [-0.05, 0) is 18.2 Å². The Bertz CT molecular complexity index is 377. The van der Waals surface area contributed by atoms with Crippen molar-refractivity contribution < 1.29 is 14.8 Å². The molecule has 0 aliphatic heterocycles. The quantitative estimate of drug-likeness (QED) is 0.420. The van der Waals surface area contributed by atoms with Crippen LogP contribution in [0.5, 0.6) is 0 Å². The second kappa shape index (κ2) is 3.65. The van der Waals surface area contributed by atoms with Crippen LogP contribution in [0.2, 0.25) is 0 Å². The van der Waals surface area contributed by atoms with Gasteiger partial charge in [-0.3, -0.25) is 30.3 Å². The molecule has 15 heavy (non-hydrogen) atoms. The van der Waals surface area contributed by atoms with E-state index in [0.29, 0.717) is 12.1 Å². The Kier molecular flexibility index (Phi) is 2.56. The molecule has 0 unspecified atom stereocenters. The summed E-state index contributed by atoms with van der Waals surface area (Å²) < 4.78 is 0. The molecule has 0 spiro atoms. The van der Waals surface area contributed by atoms with Crippen LogP contribution in [0.4, 0.5) is 17.1 Å². The molecule has 9 heteroatoms. The third-order valence-electron chi connectivity index (χ3n) is 1.43. The lowest BCUT2D eigenvalue weighted by molar-refractivity contribution is -0.403. The lowest BCUT2D eigenvalue weighted by atomic mass is 10.2. The number of nitro benzene ring substituents is 3. The lowest BCUT2D eigenvalue weighted by Gasteiger charge is -2.01. The zero-order chi connectivity index (χ0) is 11.6. The highest BCUT2D eigenvalue weighted by atomic mass is 16.6. The molecule has 0 aliphatic carbocycles. The average molecular weight is 212 g/mol. The van der Waals surface area contributed by atoms with Gasteiger partial charge in [0.05, 0.1) is 0 Å². The van der Waals surface area contributed by atoms with Crippen molar-refractivity contribution in [1.82, 2.24) is 0 Å². The Labute approximate surface area is 81.4 Å². The van der Waals surface area contributed by atoms with Gasteiger partial charge in [-0.2, -0.15) is 0 Å². The van der Waals surface area contributed by atoms with Gasteiger partial charge in [0.2, 0.25) is 0 Å². The van der Waals surface area contributed by atoms with Crippen molar-refractivity contribution in [3.8, 4) is 0 Å². The minimum Gasteiger partial charge on any atom is -0.260 e. The molecule has 0 saturated heterocycles. The van der Waals surface area contributed by atoms with Gasteiger partial charge in [0.15, 0.2) is 17.1 Å². The molecular formula is C6H2N3O6-. The molecule has 9 nitrogen and oxygen atoms in total. The van der Waals surface area contributed by atoms with Crippen LogP contribution >= 0.6 is 0 Å². The predicted molar refractivity (Wildman–Crippen MR) is 45.2 cm³/mol. The first-order chi connectivity index (χ1) is 6.91. The van der Waals surface area contributed by atoms with Crippen molar-refractivity contribution in [2.24, 2.45) is 0 Å². The first-order valence-corrected chi connectivity index (χ1v) is 3.42. The standard InChI is InChI=1S/C6H2N3O6/c10-7(11)4-1-5(8(12)13)3-6(2-4)9(14)15/h1-2H/q-1. The molecule has 1 rings (SSSR count). The fourth-order valence-corrected chi connectivity index (χ4v) is 0.827. The van der Waals surface area contributed by atoms with Crippen LogP contribution in [-0.2, 0) is 0 Å². The van der Waals surface area contributed by atoms with Crippen molar-refractivity contribution in [3.63, 3.8) is 0 Å². The van der Waals surface area contributed by atoms with E-state index in [1.54, 1.807) is 0 Å². The Morgan fingerprint density at radius 2 is 1.27 bits per heavy atom. The molecule has 0 fully saturated rings. The van der Waals surface area contributed by atoms with Gasteiger partial charge in [0.25, 0.3) is 0 Å². The minimum absolute atomic E-state index is 0.604. The number of benzene rings is 1. The summed E-state index contributed by atoms with van der Waals surface area (Å²) in [4.78, 5) is 27.9. The number of nitro groups is 3. The topological polar surface area (TPSA) is 129 Å². The fourth-order valence-electron chi connectivity index (χ4n) is 0.827. The number of non-ortho nitro benzene ring substituents is 3. The summed E-state index contributed by atoms with van der Waals surface area (Å²) in [6.07, 6.45) is 0. The van der Waals surface area contributed by atoms with Crippen LogP contribution in [0.1, 0.15) is 0 Å². The summed E-state index contributed by atoms with van der Waals surface area (Å²) in [6.45, 7) is 0. The van der Waals surface area contributed by atoms with Crippen molar-refractivity contribution in [2.75, 3.05) is 0 Å². The molecular weight excluding hydrogens is 210 g/mol. The minimum atomic E-state index is -0.986. The summed E-state index contributed by atoms with van der Waals surface area (Å²) in [5.74, 6) is 0. The van der Waals surface area contributed by atoms with Crippen LogP contribution in [0.15, 0.2) is 12.1 Å². The summed E-state index contributed by atoms with van der Waals surface area (Å²) in [6, 6.07) is 3.04. The zero-order valence-corrected chi connectivity index (χ0v) is 6.95. The van der Waals surface area contributed by atoms with E-state index < -0.39 is 31.8 Å². The lowest BCUT2D eigenvalue weighted by Crippen LogP contribution is -1.96. The molecule has 0 radical (unpaired) electrons. The van der Waals surface area contributed by atoms with Crippen LogP contribution in [-0.4, -0.2) is 14.8 Å². The molecule has 0 aromatic heterocycles. The Balaban J connectivity index is 3.39. The van der Waals surface area contributed by atoms with E-state index in [0.717, 1.165) is 0 Å². The second-order valence-corrected chi connectivity index (χ2v) is 2.38. The molecule has 0 saturated carbocycles. The molecule has 0 heterocycles. The number of nitrogens with zero attached hydrogens (tertiary/aromatic N) is 3. The highest BCUT2D eigenvalue weighted by Crippen LogP contribution is 2.26. The molecule has 1 aromatic rings. The summed E-state index contributed by atoms with van der Waals surface area (Å²) in [5.41, 5.74) is -2.33. The predicted octanol–water partition coefficient (Wildman–Crippen LogP) is 1.21. The molecule has 1 aromatic carbocycles. The number of rotatable bonds is 3. The summed E-state index contributed by atoms with van der Waals surface area (Å²) in [5, 5.41) is 30.9. The van der Waals surface area contributed by atoms with Crippen molar-refractivity contribution >= 4 is 17.1 Å². The molecule has 0 atom stereocenters. The van der Waals surface area contributed by atoms with Crippen LogP contribution in [0.25, 0.3) is 0 Å². The van der Waals surface area contributed by atoms with E-state index in [2.05, 4.69) is 0 Å². The van der Waals surface area contributed by atoms with Crippen molar-refractivity contribution in [3.05, 3.63) is 48.5 Å². The van der Waals surface area contributed by atoms with E-state index in [4.69, 9.17) is 0 Å². The molecule has 0 aliphatic rings. The third kappa shape index (κ3) is 2.21. The fraction of sp³-hybridized carbons (Fsp3) is 0. The van der Waals surface area contributed by atoms with E-state index in [9.17, 15) is 30.3 Å². The molecule has 0 N–H and O–H groups in total. The molecule has 0 bridgehead atoms. The van der Waals surface area contributed by atoms with Crippen LogP contribution < -0.4 is 0 Å². The third-order valence-corrected chi connectivity index (χ3v) is 1.43. The molecule has 0 amide bonds. The van der Waals surface area contributed by atoms with Gasteiger partial charge < -0.3 is 0 Å². The zero-order valence-electron chi connectivity index (χ0n) is 6.95. The van der Waals surface area contributed by atoms with E-state index >= 15 is 0 Å². The maximum absolute atomic E-state index is 10.3. The van der Waals surface area contributed by atoms with E-state index in [1.807, 2.05) is 6.07 Å². The van der Waals surface area contributed by atoms with Gasteiger partial charge in [0, 0.05) is 14.8 Å². The summed E-state index contributed by atoms with van der Waals surface area (Å²) >= 11 is 0. The summed E-state index contributed by atoms with van der Waals surface area (Å²) in [7, 11) is 0. The van der Waals surface area contributed by atoms with Crippen molar-refractivity contribution in [1.29, 1.82) is 0 Å². The average Bonchev–Trinajstić information content (AvgIpc) is 2.16. The van der Waals surface area contributed by atoms with Gasteiger partial charge in [-0.1, -0.05) is 0 Å². The van der Waals surface area contributed by atoms with Gasteiger partial charge >= 0.3 is 0 Å². The van der Waals surface area contributed by atoms with E-state index in [-0.39, 0.29) is 0 Å². The molecule has 78 valence electrons. The number of hydrogen-bond donors (Lipinski definition) is 0. The monoisotopic (exact) mass is 212 g/mol. The van der Waals surface area contributed by atoms with Crippen LogP contribution in [0, 0.1) is 36.4 Å². The Hall–Kier alpha value is -2.58. The largest absolute Gasteiger partial charge is 0.260 e. The Morgan fingerprint density at radius 3 is 1.53 bits per heavy atom. The Morgan fingerprint density at radius 1 is 0.867 bits per heavy atom. The first-order valence-electron chi connectivity index (χ1n) is 3.42. The van der Waals surface area contributed by atoms with Gasteiger partial charge in [0.1, 0.15) is 0 Å².